The summed E-state index contributed by atoms with van der Waals surface area (Å²) in [4.78, 5) is 0. The third-order valence-corrected chi connectivity index (χ3v) is 2.68. The molecule has 2 rings (SSSR count). The summed E-state index contributed by atoms with van der Waals surface area (Å²) >= 11 is 6.09. The largest absolute Gasteiger partial charge is 0.489 e. The van der Waals surface area contributed by atoms with Crippen molar-refractivity contribution in [3.8, 4) is 5.75 Å². The van der Waals surface area contributed by atoms with Crippen LogP contribution in [0.1, 0.15) is 24.5 Å². The molecule has 70 valence electrons. The molecule has 1 aromatic rings. The molecule has 1 aliphatic rings. The normalized spacial score (nSPS) is 20.7. The molecule has 0 bridgehead atoms. The van der Waals surface area contributed by atoms with Gasteiger partial charge in [0.15, 0.2) is 0 Å². The summed E-state index contributed by atoms with van der Waals surface area (Å²) in [5.41, 5.74) is 2.46. The van der Waals surface area contributed by atoms with E-state index in [1.165, 1.54) is 11.1 Å². The Morgan fingerprint density at radius 2 is 2.23 bits per heavy atom. The first-order valence-electron chi connectivity index (χ1n) is 4.62. The van der Waals surface area contributed by atoms with Gasteiger partial charge in [0.2, 0.25) is 0 Å². The average Bonchev–Trinajstić information content (AvgIpc) is 2.06. The van der Waals surface area contributed by atoms with Crippen molar-refractivity contribution in [2.24, 2.45) is 0 Å². The summed E-state index contributed by atoms with van der Waals surface area (Å²) in [5.74, 6) is 0.894. The number of hydrogen-bond acceptors (Lipinski definition) is 1. The Bertz CT molecular complexity index is 333. The molecule has 0 radical (unpaired) electrons. The van der Waals surface area contributed by atoms with Crippen molar-refractivity contribution < 1.29 is 4.74 Å². The van der Waals surface area contributed by atoms with Gasteiger partial charge in [0.05, 0.1) is 11.1 Å². The van der Waals surface area contributed by atoms with Gasteiger partial charge in [0, 0.05) is 0 Å². The highest BCUT2D eigenvalue weighted by Gasteiger charge is 2.18. The first-order chi connectivity index (χ1) is 6.16. The third-order valence-electron chi connectivity index (χ3n) is 2.40. The summed E-state index contributed by atoms with van der Waals surface area (Å²) < 4.78 is 5.69. The summed E-state index contributed by atoms with van der Waals surface area (Å²) in [6, 6.07) is 4.12. The van der Waals surface area contributed by atoms with Gasteiger partial charge in [-0.25, -0.2) is 0 Å². The monoisotopic (exact) mass is 196 g/mol. The molecular weight excluding hydrogens is 184 g/mol. The first-order valence-corrected chi connectivity index (χ1v) is 5.00. The van der Waals surface area contributed by atoms with Gasteiger partial charge in [-0.2, -0.15) is 0 Å². The van der Waals surface area contributed by atoms with Crippen LogP contribution in [0.3, 0.4) is 0 Å². The fraction of sp³-hybridized carbons (Fsp3) is 0.455. The van der Waals surface area contributed by atoms with Crippen molar-refractivity contribution in [1.29, 1.82) is 0 Å². The second-order valence-corrected chi connectivity index (χ2v) is 4.11. The predicted molar refractivity (Wildman–Crippen MR) is 54.6 cm³/mol. The van der Waals surface area contributed by atoms with Gasteiger partial charge in [-0.3, -0.25) is 0 Å². The molecule has 1 heterocycles. The highest BCUT2D eigenvalue weighted by molar-refractivity contribution is 6.32. The second-order valence-electron chi connectivity index (χ2n) is 3.70. The Morgan fingerprint density at radius 3 is 3.00 bits per heavy atom. The Hall–Kier alpha value is -0.690. The minimum atomic E-state index is 0.299. The smallest absolute Gasteiger partial charge is 0.141 e. The fourth-order valence-corrected chi connectivity index (χ4v) is 2.08. The van der Waals surface area contributed by atoms with Crippen LogP contribution >= 0.6 is 11.6 Å². The highest BCUT2D eigenvalue weighted by atomic mass is 35.5. The van der Waals surface area contributed by atoms with Crippen LogP contribution in [0, 0.1) is 6.92 Å². The van der Waals surface area contributed by atoms with Gasteiger partial charge < -0.3 is 4.74 Å². The van der Waals surface area contributed by atoms with Gasteiger partial charge >= 0.3 is 0 Å². The van der Waals surface area contributed by atoms with E-state index >= 15 is 0 Å². The molecule has 1 aliphatic heterocycles. The van der Waals surface area contributed by atoms with Crippen LogP contribution in [-0.2, 0) is 6.42 Å². The van der Waals surface area contributed by atoms with E-state index in [4.69, 9.17) is 16.3 Å². The molecule has 13 heavy (non-hydrogen) atoms. The van der Waals surface area contributed by atoms with Crippen molar-refractivity contribution in [3.63, 3.8) is 0 Å². The maximum atomic E-state index is 6.09. The van der Waals surface area contributed by atoms with Gasteiger partial charge in [0.1, 0.15) is 5.75 Å². The molecule has 1 unspecified atom stereocenters. The maximum Gasteiger partial charge on any atom is 0.141 e. The van der Waals surface area contributed by atoms with E-state index in [-0.39, 0.29) is 0 Å². The summed E-state index contributed by atoms with van der Waals surface area (Å²) in [7, 11) is 0. The lowest BCUT2D eigenvalue weighted by molar-refractivity contribution is 0.192. The number of rotatable bonds is 0. The molecule has 0 saturated carbocycles. The number of fused-ring (bicyclic) bond motifs is 1. The topological polar surface area (TPSA) is 9.23 Å². The van der Waals surface area contributed by atoms with E-state index in [1.54, 1.807) is 0 Å². The summed E-state index contributed by atoms with van der Waals surface area (Å²) in [6.07, 6.45) is 2.47. The molecule has 0 fully saturated rings. The Labute approximate surface area is 83.7 Å². The van der Waals surface area contributed by atoms with Crippen LogP contribution in [0.25, 0.3) is 0 Å². The molecular formula is C11H13ClO. The van der Waals surface area contributed by atoms with Crippen LogP contribution in [0.5, 0.6) is 5.75 Å². The van der Waals surface area contributed by atoms with Crippen molar-refractivity contribution in [3.05, 3.63) is 28.3 Å². The number of benzene rings is 1. The van der Waals surface area contributed by atoms with E-state index < -0.39 is 0 Å². The first kappa shape index (κ1) is 8.89. The number of ether oxygens (including phenoxy) is 1. The van der Waals surface area contributed by atoms with E-state index in [0.29, 0.717) is 6.10 Å². The molecule has 0 aromatic heterocycles. The van der Waals surface area contributed by atoms with Gasteiger partial charge in [-0.15, -0.1) is 0 Å². The van der Waals surface area contributed by atoms with E-state index in [2.05, 4.69) is 19.9 Å². The molecule has 2 heteroatoms. The SMILES string of the molecule is Cc1cc(Cl)c2c(c1)CCC(C)O2. The molecule has 0 N–H and O–H groups in total. The number of aryl methyl sites for hydroxylation is 2. The Morgan fingerprint density at radius 1 is 1.46 bits per heavy atom. The van der Waals surface area contributed by atoms with Gasteiger partial charge in [-0.05, 0) is 43.9 Å². The molecule has 0 amide bonds. The number of halogens is 1. The van der Waals surface area contributed by atoms with Gasteiger partial charge in [-0.1, -0.05) is 17.7 Å². The standard InChI is InChI=1S/C11H13ClO/c1-7-5-9-4-3-8(2)13-11(9)10(12)6-7/h5-6,8H,3-4H2,1-2H3. The van der Waals surface area contributed by atoms with Crippen molar-refractivity contribution in [2.45, 2.75) is 32.8 Å². The van der Waals surface area contributed by atoms with Crippen molar-refractivity contribution in [2.75, 3.05) is 0 Å². The van der Waals surface area contributed by atoms with E-state index in [0.717, 1.165) is 23.6 Å². The lowest BCUT2D eigenvalue weighted by Gasteiger charge is -2.24. The quantitative estimate of drug-likeness (QED) is 0.618. The average molecular weight is 197 g/mol. The summed E-state index contributed by atoms with van der Waals surface area (Å²) in [6.45, 7) is 4.14. The van der Waals surface area contributed by atoms with Crippen LogP contribution in [-0.4, -0.2) is 6.10 Å². The molecule has 1 aromatic carbocycles. The molecule has 0 aliphatic carbocycles. The highest BCUT2D eigenvalue weighted by Crippen LogP contribution is 2.35. The van der Waals surface area contributed by atoms with Gasteiger partial charge in [0.25, 0.3) is 0 Å². The fourth-order valence-electron chi connectivity index (χ4n) is 1.74. The zero-order valence-electron chi connectivity index (χ0n) is 7.93. The molecule has 0 saturated heterocycles. The minimum Gasteiger partial charge on any atom is -0.489 e. The van der Waals surface area contributed by atoms with Crippen LogP contribution in [0.4, 0.5) is 0 Å². The van der Waals surface area contributed by atoms with Crippen molar-refractivity contribution in [1.82, 2.24) is 0 Å². The second kappa shape index (κ2) is 3.22. The Balaban J connectivity index is 2.47. The van der Waals surface area contributed by atoms with E-state index in [1.807, 2.05) is 6.07 Å². The van der Waals surface area contributed by atoms with E-state index in [9.17, 15) is 0 Å². The third kappa shape index (κ3) is 1.66. The van der Waals surface area contributed by atoms with Crippen molar-refractivity contribution >= 4 is 11.6 Å². The zero-order valence-corrected chi connectivity index (χ0v) is 8.69. The lowest BCUT2D eigenvalue weighted by atomic mass is 10.0. The van der Waals surface area contributed by atoms with Crippen LogP contribution in [0.15, 0.2) is 12.1 Å². The minimum absolute atomic E-state index is 0.299. The number of hydrogen-bond donors (Lipinski definition) is 0. The maximum absolute atomic E-state index is 6.09. The molecule has 0 spiro atoms. The Kier molecular flexibility index (Phi) is 2.20. The van der Waals surface area contributed by atoms with Crippen LogP contribution in [0.2, 0.25) is 5.02 Å². The summed E-state index contributed by atoms with van der Waals surface area (Å²) in [5, 5.41) is 0.751. The lowest BCUT2D eigenvalue weighted by Crippen LogP contribution is -2.19. The van der Waals surface area contributed by atoms with Crippen LogP contribution < -0.4 is 4.74 Å². The predicted octanol–water partition coefficient (Wildman–Crippen LogP) is 3.36. The molecule has 1 nitrogen and oxygen atoms in total. The zero-order chi connectivity index (χ0) is 9.42. The molecule has 1 atom stereocenters.